The van der Waals surface area contributed by atoms with Gasteiger partial charge >= 0.3 is 0 Å². The molecule has 1 heterocycles. The molecular formula is C17H19ClN2O3S. The standard InChI is InChI=1S/C17H19ClN2O3S/c1-3-23-15-7-6-12(18)9-13(15)20-17(22)10-14(19-11(2)21)16-5-4-8-24-16/h4-9,14H,3,10H2,1-2H3,(H,19,21)(H,20,22). The summed E-state index contributed by atoms with van der Waals surface area (Å²) in [5.74, 6) is 0.145. The normalized spacial score (nSPS) is 11.6. The van der Waals surface area contributed by atoms with Crippen LogP contribution in [0.1, 0.15) is 31.2 Å². The first-order chi connectivity index (χ1) is 11.5. The fourth-order valence-corrected chi connectivity index (χ4v) is 3.18. The second-order valence-corrected chi connectivity index (χ2v) is 6.51. The molecule has 0 saturated carbocycles. The van der Waals surface area contributed by atoms with E-state index in [2.05, 4.69) is 10.6 Å². The van der Waals surface area contributed by atoms with Crippen LogP contribution in [-0.4, -0.2) is 18.4 Å². The molecule has 0 bridgehead atoms. The van der Waals surface area contributed by atoms with Gasteiger partial charge in [-0.25, -0.2) is 0 Å². The Bertz CT molecular complexity index is 704. The Hall–Kier alpha value is -2.05. The van der Waals surface area contributed by atoms with Crippen molar-refractivity contribution in [3.63, 3.8) is 0 Å². The summed E-state index contributed by atoms with van der Waals surface area (Å²) in [6, 6.07) is 8.47. The van der Waals surface area contributed by atoms with E-state index in [-0.39, 0.29) is 24.3 Å². The quantitative estimate of drug-likeness (QED) is 0.778. The first-order valence-corrected chi connectivity index (χ1v) is 8.78. The molecule has 2 aromatic rings. The Balaban J connectivity index is 2.11. The number of thiophene rings is 1. The van der Waals surface area contributed by atoms with E-state index >= 15 is 0 Å². The van der Waals surface area contributed by atoms with Crippen LogP contribution in [-0.2, 0) is 9.59 Å². The minimum absolute atomic E-state index is 0.123. The monoisotopic (exact) mass is 366 g/mol. The van der Waals surface area contributed by atoms with Crippen molar-refractivity contribution in [1.29, 1.82) is 0 Å². The number of nitrogens with one attached hydrogen (secondary N) is 2. The van der Waals surface area contributed by atoms with Gasteiger partial charge in [-0.05, 0) is 36.6 Å². The summed E-state index contributed by atoms with van der Waals surface area (Å²) in [6.45, 7) is 3.78. The van der Waals surface area contributed by atoms with E-state index in [0.717, 1.165) is 4.88 Å². The average molecular weight is 367 g/mol. The Morgan fingerprint density at radius 3 is 2.75 bits per heavy atom. The maximum atomic E-state index is 12.4. The summed E-state index contributed by atoms with van der Waals surface area (Å²) in [4.78, 5) is 24.7. The first-order valence-electron chi connectivity index (χ1n) is 7.52. The molecule has 2 amide bonds. The van der Waals surface area contributed by atoms with Crippen LogP contribution in [0.4, 0.5) is 5.69 Å². The zero-order chi connectivity index (χ0) is 17.5. The van der Waals surface area contributed by atoms with Crippen molar-refractivity contribution in [2.24, 2.45) is 0 Å². The van der Waals surface area contributed by atoms with Crippen molar-refractivity contribution in [3.05, 3.63) is 45.6 Å². The van der Waals surface area contributed by atoms with E-state index in [0.29, 0.717) is 23.1 Å². The lowest BCUT2D eigenvalue weighted by Crippen LogP contribution is -2.29. The smallest absolute Gasteiger partial charge is 0.226 e. The Labute approximate surface area is 150 Å². The fraction of sp³-hybridized carbons (Fsp3) is 0.294. The SMILES string of the molecule is CCOc1ccc(Cl)cc1NC(=O)CC(NC(C)=O)c1cccs1. The minimum atomic E-state index is -0.364. The number of carbonyl (C=O) groups excluding carboxylic acids is 2. The second kappa shape index (κ2) is 8.70. The van der Waals surface area contributed by atoms with Gasteiger partial charge in [-0.3, -0.25) is 9.59 Å². The van der Waals surface area contributed by atoms with Gasteiger partial charge in [0.15, 0.2) is 0 Å². The van der Waals surface area contributed by atoms with Crippen LogP contribution in [0.3, 0.4) is 0 Å². The van der Waals surface area contributed by atoms with Crippen LogP contribution >= 0.6 is 22.9 Å². The highest BCUT2D eigenvalue weighted by Gasteiger charge is 2.19. The van der Waals surface area contributed by atoms with Crippen LogP contribution in [0, 0.1) is 0 Å². The lowest BCUT2D eigenvalue weighted by molar-refractivity contribution is -0.120. The van der Waals surface area contributed by atoms with Gasteiger partial charge in [0, 0.05) is 16.8 Å². The average Bonchev–Trinajstić information content (AvgIpc) is 3.03. The van der Waals surface area contributed by atoms with Crippen LogP contribution in [0.5, 0.6) is 5.75 Å². The third kappa shape index (κ3) is 5.25. The van der Waals surface area contributed by atoms with Gasteiger partial charge in [-0.1, -0.05) is 17.7 Å². The number of benzene rings is 1. The van der Waals surface area contributed by atoms with Crippen molar-refractivity contribution < 1.29 is 14.3 Å². The molecule has 0 aliphatic heterocycles. The number of amides is 2. The second-order valence-electron chi connectivity index (χ2n) is 5.09. The van der Waals surface area contributed by atoms with Gasteiger partial charge in [0.05, 0.1) is 24.8 Å². The predicted octanol–water partition coefficient (Wildman–Crippen LogP) is 4.01. The first kappa shape index (κ1) is 18.3. The van der Waals surface area contributed by atoms with Gasteiger partial charge in [0.25, 0.3) is 0 Å². The molecule has 128 valence electrons. The van der Waals surface area contributed by atoms with E-state index in [1.54, 1.807) is 18.2 Å². The number of carbonyl (C=O) groups is 2. The van der Waals surface area contributed by atoms with Gasteiger partial charge in [-0.15, -0.1) is 11.3 Å². The van der Waals surface area contributed by atoms with E-state index in [1.165, 1.54) is 18.3 Å². The topological polar surface area (TPSA) is 67.4 Å². The van der Waals surface area contributed by atoms with E-state index in [1.807, 2.05) is 24.4 Å². The van der Waals surface area contributed by atoms with Crippen LogP contribution in [0.2, 0.25) is 5.02 Å². The predicted molar refractivity (Wildman–Crippen MR) is 96.7 cm³/mol. The molecule has 0 aliphatic carbocycles. The minimum Gasteiger partial charge on any atom is -0.492 e. The Morgan fingerprint density at radius 2 is 2.12 bits per heavy atom. The summed E-state index contributed by atoms with van der Waals surface area (Å²) in [5, 5.41) is 8.02. The summed E-state index contributed by atoms with van der Waals surface area (Å²) < 4.78 is 5.49. The Kier molecular flexibility index (Phi) is 6.63. The molecule has 1 atom stereocenters. The molecule has 1 aromatic carbocycles. The van der Waals surface area contributed by atoms with Gasteiger partial charge in [-0.2, -0.15) is 0 Å². The molecule has 0 spiro atoms. The van der Waals surface area contributed by atoms with Crippen LogP contribution in [0.15, 0.2) is 35.7 Å². The van der Waals surface area contributed by atoms with Crippen molar-refractivity contribution >= 4 is 40.4 Å². The highest BCUT2D eigenvalue weighted by atomic mass is 35.5. The highest BCUT2D eigenvalue weighted by molar-refractivity contribution is 7.10. The third-order valence-electron chi connectivity index (χ3n) is 3.17. The lowest BCUT2D eigenvalue weighted by atomic mass is 10.1. The molecule has 5 nitrogen and oxygen atoms in total. The van der Waals surface area contributed by atoms with E-state index in [4.69, 9.17) is 16.3 Å². The largest absolute Gasteiger partial charge is 0.492 e. The number of anilines is 1. The van der Waals surface area contributed by atoms with Crippen molar-refractivity contribution in [2.75, 3.05) is 11.9 Å². The van der Waals surface area contributed by atoms with Crippen molar-refractivity contribution in [3.8, 4) is 5.75 Å². The lowest BCUT2D eigenvalue weighted by Gasteiger charge is -2.17. The number of hydrogen-bond acceptors (Lipinski definition) is 4. The summed E-state index contributed by atoms with van der Waals surface area (Å²) >= 11 is 7.49. The van der Waals surface area contributed by atoms with Gasteiger partial charge in [0.1, 0.15) is 5.75 Å². The van der Waals surface area contributed by atoms with Gasteiger partial charge in [0.2, 0.25) is 11.8 Å². The Morgan fingerprint density at radius 1 is 1.33 bits per heavy atom. The zero-order valence-electron chi connectivity index (χ0n) is 13.5. The maximum Gasteiger partial charge on any atom is 0.226 e. The van der Waals surface area contributed by atoms with E-state index in [9.17, 15) is 9.59 Å². The molecule has 1 aromatic heterocycles. The molecule has 0 saturated heterocycles. The maximum absolute atomic E-state index is 12.4. The van der Waals surface area contributed by atoms with Gasteiger partial charge < -0.3 is 15.4 Å². The van der Waals surface area contributed by atoms with Crippen LogP contribution in [0.25, 0.3) is 0 Å². The molecule has 0 fully saturated rings. The number of ether oxygens (including phenoxy) is 1. The van der Waals surface area contributed by atoms with E-state index < -0.39 is 0 Å². The zero-order valence-corrected chi connectivity index (χ0v) is 15.0. The third-order valence-corrected chi connectivity index (χ3v) is 4.39. The molecule has 2 N–H and O–H groups in total. The fourth-order valence-electron chi connectivity index (χ4n) is 2.23. The summed E-state index contributed by atoms with van der Waals surface area (Å²) in [5.41, 5.74) is 0.516. The number of rotatable bonds is 7. The molecule has 2 rings (SSSR count). The molecular weight excluding hydrogens is 348 g/mol. The summed E-state index contributed by atoms with van der Waals surface area (Å²) in [7, 11) is 0. The highest BCUT2D eigenvalue weighted by Crippen LogP contribution is 2.29. The molecule has 1 unspecified atom stereocenters. The summed E-state index contributed by atoms with van der Waals surface area (Å²) in [6.07, 6.45) is 0.123. The van der Waals surface area contributed by atoms with Crippen molar-refractivity contribution in [1.82, 2.24) is 5.32 Å². The molecule has 0 aliphatic rings. The van der Waals surface area contributed by atoms with Crippen LogP contribution < -0.4 is 15.4 Å². The molecule has 24 heavy (non-hydrogen) atoms. The molecule has 0 radical (unpaired) electrons. The number of hydrogen-bond donors (Lipinski definition) is 2. The molecule has 7 heteroatoms. The number of halogens is 1. The van der Waals surface area contributed by atoms with Crippen molar-refractivity contribution in [2.45, 2.75) is 26.3 Å².